The van der Waals surface area contributed by atoms with E-state index in [-0.39, 0.29) is 53.6 Å². The molecular weight excluding hydrogens is 460 g/mol. The van der Waals surface area contributed by atoms with E-state index in [0.717, 1.165) is 0 Å². The van der Waals surface area contributed by atoms with Crippen LogP contribution in [-0.2, 0) is 9.59 Å². The molecule has 36 heavy (non-hydrogen) atoms. The van der Waals surface area contributed by atoms with Crippen LogP contribution in [0.1, 0.15) is 100 Å². The summed E-state index contributed by atoms with van der Waals surface area (Å²) in [5, 5.41) is 39.9. The zero-order chi connectivity index (χ0) is 27.7. The Morgan fingerprint density at radius 2 is 1.06 bits per heavy atom. The predicted molar refractivity (Wildman–Crippen MR) is 141 cm³/mol. The van der Waals surface area contributed by atoms with Crippen LogP contribution < -0.4 is 0 Å². The minimum Gasteiger partial charge on any atom is -0.481 e. The lowest BCUT2D eigenvalue weighted by Gasteiger charge is -2.62. The van der Waals surface area contributed by atoms with Crippen molar-refractivity contribution >= 4 is 11.9 Å². The molecule has 0 atom stereocenters. The van der Waals surface area contributed by atoms with Gasteiger partial charge in [-0.3, -0.25) is 19.4 Å². The van der Waals surface area contributed by atoms with Gasteiger partial charge in [0.1, 0.15) is 0 Å². The lowest BCUT2D eigenvalue weighted by molar-refractivity contribution is -0.180. The molecule has 0 bridgehead atoms. The predicted octanol–water partition coefficient (Wildman–Crippen LogP) is 3.84. The molecule has 0 aromatic heterocycles. The third-order valence-corrected chi connectivity index (χ3v) is 9.39. The normalized spacial score (nSPS) is 25.1. The second-order valence-corrected chi connectivity index (χ2v) is 13.8. The van der Waals surface area contributed by atoms with Gasteiger partial charge in [0, 0.05) is 41.7 Å². The van der Waals surface area contributed by atoms with Crippen molar-refractivity contribution in [3.05, 3.63) is 0 Å². The van der Waals surface area contributed by atoms with Gasteiger partial charge in [0.05, 0.1) is 18.6 Å². The van der Waals surface area contributed by atoms with E-state index in [1.165, 1.54) is 0 Å². The summed E-state index contributed by atoms with van der Waals surface area (Å²) >= 11 is 0. The summed E-state index contributed by atoms with van der Waals surface area (Å²) in [6, 6.07) is 0. The van der Waals surface area contributed by atoms with Gasteiger partial charge in [-0.25, -0.2) is 0 Å². The second kappa shape index (κ2) is 10.9. The van der Waals surface area contributed by atoms with Crippen LogP contribution in [0.3, 0.4) is 0 Å². The van der Waals surface area contributed by atoms with Gasteiger partial charge in [0.15, 0.2) is 0 Å². The quantitative estimate of drug-likeness (QED) is 0.329. The highest BCUT2D eigenvalue weighted by atomic mass is 16.4. The molecule has 8 heteroatoms. The molecule has 2 heterocycles. The summed E-state index contributed by atoms with van der Waals surface area (Å²) in [5.74, 6) is -1.98. The number of carboxylic acids is 2. The van der Waals surface area contributed by atoms with Crippen LogP contribution >= 0.6 is 0 Å². The maximum absolute atomic E-state index is 13.5. The lowest BCUT2D eigenvalue weighted by atomic mass is 9.52. The molecule has 4 N–H and O–H groups in total. The Balaban J connectivity index is 2.62. The highest BCUT2D eigenvalue weighted by molar-refractivity contribution is 5.76. The monoisotopic (exact) mass is 512 g/mol. The number of nitrogens with zero attached hydrogens (tertiary/aromatic N) is 2. The molecule has 0 spiro atoms. The zero-order valence-electron chi connectivity index (χ0n) is 23.9. The third kappa shape index (κ3) is 6.08. The van der Waals surface area contributed by atoms with Crippen LogP contribution in [0.5, 0.6) is 0 Å². The van der Waals surface area contributed by atoms with Crippen molar-refractivity contribution in [1.29, 1.82) is 0 Å². The number of carboxylic acid groups (broad SMARTS) is 2. The summed E-state index contributed by atoms with van der Waals surface area (Å²) in [7, 11) is 0. The molecule has 2 aliphatic rings. The first-order valence-electron chi connectivity index (χ1n) is 13.6. The van der Waals surface area contributed by atoms with E-state index in [0.29, 0.717) is 51.6 Å². The maximum atomic E-state index is 13.5. The Bertz CT molecular complexity index is 709. The number of β-amino-alcohol motifs (C(OH)–C–C–N with tert-alkyl or cyclic N) is 2. The van der Waals surface area contributed by atoms with Crippen LogP contribution in [0.25, 0.3) is 0 Å². The van der Waals surface area contributed by atoms with Gasteiger partial charge in [-0.05, 0) is 106 Å². The molecule has 0 saturated carbocycles. The number of aliphatic hydroxyl groups excluding tert-OH is 2. The molecule has 8 nitrogen and oxygen atoms in total. The molecule has 2 fully saturated rings. The van der Waals surface area contributed by atoms with Crippen LogP contribution in [-0.4, -0.2) is 90.6 Å². The highest BCUT2D eigenvalue weighted by Gasteiger charge is 2.60. The molecular formula is C28H52N2O6. The van der Waals surface area contributed by atoms with E-state index in [2.05, 4.69) is 65.2 Å². The fourth-order valence-corrected chi connectivity index (χ4v) is 8.50. The number of aliphatic carboxylic acids is 2. The van der Waals surface area contributed by atoms with Crippen molar-refractivity contribution < 1.29 is 30.0 Å². The van der Waals surface area contributed by atoms with Gasteiger partial charge < -0.3 is 20.4 Å². The first-order valence-corrected chi connectivity index (χ1v) is 13.6. The number of aliphatic hydroxyl groups is 2. The molecule has 0 amide bonds. The largest absolute Gasteiger partial charge is 0.481 e. The van der Waals surface area contributed by atoms with Crippen LogP contribution in [0.4, 0.5) is 0 Å². The Labute approximate surface area is 218 Å². The molecule has 2 saturated heterocycles. The van der Waals surface area contributed by atoms with Gasteiger partial charge in [0.25, 0.3) is 0 Å². The second-order valence-electron chi connectivity index (χ2n) is 13.8. The summed E-state index contributed by atoms with van der Waals surface area (Å²) < 4.78 is 0. The molecule has 0 unspecified atom stereocenters. The van der Waals surface area contributed by atoms with Gasteiger partial charge in [-0.1, -0.05) is 0 Å². The van der Waals surface area contributed by atoms with Crippen LogP contribution in [0.15, 0.2) is 0 Å². The summed E-state index contributed by atoms with van der Waals surface area (Å²) in [5.41, 5.74) is -2.32. The Morgan fingerprint density at radius 1 is 0.722 bits per heavy atom. The highest BCUT2D eigenvalue weighted by Crippen LogP contribution is 2.58. The lowest BCUT2D eigenvalue weighted by Crippen LogP contribution is -2.67. The number of likely N-dealkylation sites (tertiary alicyclic amines) is 2. The van der Waals surface area contributed by atoms with Crippen LogP contribution in [0.2, 0.25) is 0 Å². The van der Waals surface area contributed by atoms with Gasteiger partial charge in [-0.2, -0.15) is 0 Å². The first kappa shape index (κ1) is 31.0. The fraction of sp³-hybridized carbons (Fsp3) is 0.929. The summed E-state index contributed by atoms with van der Waals surface area (Å²) in [6.45, 7) is 18.3. The van der Waals surface area contributed by atoms with Crippen molar-refractivity contribution in [2.75, 3.05) is 26.3 Å². The third-order valence-electron chi connectivity index (χ3n) is 9.39. The Kier molecular flexibility index (Phi) is 9.36. The number of carbonyl (C=O) groups is 2. The zero-order valence-corrected chi connectivity index (χ0v) is 23.9. The molecule has 0 radical (unpaired) electrons. The minimum absolute atomic E-state index is 0.0404. The SMILES string of the molecule is CC1(C)CC(C(CCCC(=O)O)(C(=O)O)C2CC(C)(C)N(CCO)C(C)(C)C2)CC(C)(C)N1CCO. The fourth-order valence-electron chi connectivity index (χ4n) is 8.50. The summed E-state index contributed by atoms with van der Waals surface area (Å²) in [6.07, 6.45) is 3.32. The Hall–Kier alpha value is -1.22. The molecule has 0 aromatic rings. The van der Waals surface area contributed by atoms with Crippen molar-refractivity contribution in [1.82, 2.24) is 9.80 Å². The van der Waals surface area contributed by atoms with Crippen LogP contribution in [0, 0.1) is 17.3 Å². The van der Waals surface area contributed by atoms with Gasteiger partial charge >= 0.3 is 11.9 Å². The topological polar surface area (TPSA) is 122 Å². The van der Waals surface area contributed by atoms with Crippen molar-refractivity contribution in [2.45, 2.75) is 122 Å². The summed E-state index contributed by atoms with van der Waals surface area (Å²) in [4.78, 5) is 29.5. The van der Waals surface area contributed by atoms with E-state index in [4.69, 9.17) is 0 Å². The minimum atomic E-state index is -1.06. The van der Waals surface area contributed by atoms with Crippen molar-refractivity contribution in [3.8, 4) is 0 Å². The van der Waals surface area contributed by atoms with Gasteiger partial charge in [-0.15, -0.1) is 0 Å². The van der Waals surface area contributed by atoms with Crippen molar-refractivity contribution in [2.24, 2.45) is 17.3 Å². The number of piperidine rings is 2. The average molecular weight is 513 g/mol. The van der Waals surface area contributed by atoms with E-state index in [1.54, 1.807) is 0 Å². The van der Waals surface area contributed by atoms with Gasteiger partial charge in [0.2, 0.25) is 0 Å². The molecule has 210 valence electrons. The van der Waals surface area contributed by atoms with E-state index < -0.39 is 17.4 Å². The van der Waals surface area contributed by atoms with Crippen molar-refractivity contribution in [3.63, 3.8) is 0 Å². The first-order chi connectivity index (χ1) is 16.4. The molecule has 0 aliphatic carbocycles. The van der Waals surface area contributed by atoms with E-state index >= 15 is 0 Å². The average Bonchev–Trinajstić information content (AvgIpc) is 2.69. The molecule has 2 aliphatic heterocycles. The number of hydrogen-bond donors (Lipinski definition) is 4. The maximum Gasteiger partial charge on any atom is 0.310 e. The van der Waals surface area contributed by atoms with E-state index in [9.17, 15) is 30.0 Å². The molecule has 2 rings (SSSR count). The Morgan fingerprint density at radius 3 is 1.31 bits per heavy atom. The molecule has 0 aromatic carbocycles. The number of rotatable bonds is 11. The van der Waals surface area contributed by atoms with E-state index in [1.807, 2.05) is 0 Å². The standard InChI is InChI=1S/C28H52N2O6/c1-24(2)16-20(17-25(3,4)29(24)12-14-31)28(23(35)36,11-9-10-22(33)34)21-18-26(5,6)30(13-15-32)27(7,8)19-21/h20-21,31-32H,9-19H2,1-8H3,(H,33,34)(H,35,36). The smallest absolute Gasteiger partial charge is 0.310 e. The number of hydrogen-bond acceptors (Lipinski definition) is 6.